The second kappa shape index (κ2) is 2.99. The van der Waals surface area contributed by atoms with E-state index in [1.165, 1.54) is 0 Å². The van der Waals surface area contributed by atoms with Crippen LogP contribution >= 0.6 is 0 Å². The molecule has 1 aromatic carbocycles. The van der Waals surface area contributed by atoms with E-state index in [2.05, 4.69) is 11.1 Å². The molecule has 0 amide bonds. The summed E-state index contributed by atoms with van der Waals surface area (Å²) in [6, 6.07) is 7.99. The Balaban J connectivity index is 2.26. The molecule has 0 fully saturated rings. The third-order valence-electron chi connectivity index (χ3n) is 3.20. The molecule has 2 nitrogen and oxygen atoms in total. The van der Waals surface area contributed by atoms with Crippen molar-refractivity contribution in [1.82, 2.24) is 4.98 Å². The van der Waals surface area contributed by atoms with Gasteiger partial charge in [-0.15, -0.1) is 0 Å². The molecule has 1 aliphatic rings. The SMILES string of the molecule is CC1CCc2c([nH]c3ccccc23)N1F. The molecule has 0 saturated heterocycles. The zero-order valence-electron chi connectivity index (χ0n) is 8.63. The average molecular weight is 204 g/mol. The van der Waals surface area contributed by atoms with Gasteiger partial charge in [-0.25, -0.2) is 0 Å². The van der Waals surface area contributed by atoms with Crippen molar-refractivity contribution in [3.05, 3.63) is 29.8 Å². The minimum atomic E-state index is -0.0226. The highest BCUT2D eigenvalue weighted by molar-refractivity contribution is 5.89. The van der Waals surface area contributed by atoms with Gasteiger partial charge in [-0.3, -0.25) is 0 Å². The van der Waals surface area contributed by atoms with Crippen LogP contribution in [-0.2, 0) is 6.42 Å². The van der Waals surface area contributed by atoms with E-state index in [9.17, 15) is 4.48 Å². The summed E-state index contributed by atoms with van der Waals surface area (Å²) in [4.78, 5) is 3.15. The number of hydrogen-bond donors (Lipinski definition) is 1. The molecule has 2 aromatic rings. The smallest absolute Gasteiger partial charge is 0.140 e. The average Bonchev–Trinajstić information content (AvgIpc) is 2.63. The van der Waals surface area contributed by atoms with Gasteiger partial charge >= 0.3 is 0 Å². The number of anilines is 1. The molecular weight excluding hydrogens is 191 g/mol. The van der Waals surface area contributed by atoms with Crippen LogP contribution in [0.1, 0.15) is 18.9 Å². The number of rotatable bonds is 0. The molecule has 1 atom stereocenters. The van der Waals surface area contributed by atoms with Crippen molar-refractivity contribution >= 4 is 16.7 Å². The molecule has 1 unspecified atom stereocenters. The number of H-pyrrole nitrogens is 1. The topological polar surface area (TPSA) is 19.0 Å². The van der Waals surface area contributed by atoms with Crippen LogP contribution in [-0.4, -0.2) is 11.0 Å². The van der Waals surface area contributed by atoms with Gasteiger partial charge in [0.1, 0.15) is 5.82 Å². The van der Waals surface area contributed by atoms with Gasteiger partial charge in [0.15, 0.2) is 0 Å². The van der Waals surface area contributed by atoms with Gasteiger partial charge in [0.05, 0.1) is 6.04 Å². The van der Waals surface area contributed by atoms with Crippen LogP contribution < -0.4 is 5.12 Å². The van der Waals surface area contributed by atoms with Gasteiger partial charge in [-0.05, 0) is 25.8 Å². The minimum absolute atomic E-state index is 0.0226. The minimum Gasteiger partial charge on any atom is -0.339 e. The molecule has 3 heteroatoms. The first-order chi connectivity index (χ1) is 7.27. The van der Waals surface area contributed by atoms with Gasteiger partial charge in [-0.2, -0.15) is 5.12 Å². The summed E-state index contributed by atoms with van der Waals surface area (Å²) in [5, 5.41) is 2.01. The Labute approximate surface area is 87.6 Å². The number of fused-ring (bicyclic) bond motifs is 3. The third kappa shape index (κ3) is 1.16. The Hall–Kier alpha value is -1.51. The lowest BCUT2D eigenvalue weighted by Crippen LogP contribution is -2.29. The molecule has 2 heterocycles. The van der Waals surface area contributed by atoms with E-state index < -0.39 is 0 Å². The van der Waals surface area contributed by atoms with E-state index in [4.69, 9.17) is 0 Å². The highest BCUT2D eigenvalue weighted by Gasteiger charge is 2.26. The Morgan fingerprint density at radius 1 is 1.40 bits per heavy atom. The Morgan fingerprint density at radius 3 is 3.07 bits per heavy atom. The van der Waals surface area contributed by atoms with Crippen LogP contribution in [0.25, 0.3) is 10.9 Å². The molecule has 3 rings (SSSR count). The monoisotopic (exact) mass is 204 g/mol. The number of halogens is 1. The standard InChI is InChI=1S/C12H13FN2/c1-8-6-7-10-9-4-2-3-5-11(9)14-12(10)15(8)13/h2-5,8,14H,6-7H2,1H3. The number of benzene rings is 1. The summed E-state index contributed by atoms with van der Waals surface area (Å²) in [5.41, 5.74) is 2.14. The summed E-state index contributed by atoms with van der Waals surface area (Å²) < 4.78 is 13.8. The van der Waals surface area contributed by atoms with Crippen LogP contribution in [0.5, 0.6) is 0 Å². The van der Waals surface area contributed by atoms with E-state index in [-0.39, 0.29) is 6.04 Å². The molecule has 1 N–H and O–H groups in total. The van der Waals surface area contributed by atoms with E-state index in [0.717, 1.165) is 34.4 Å². The highest BCUT2D eigenvalue weighted by atomic mass is 19.2. The molecule has 0 spiro atoms. The molecule has 15 heavy (non-hydrogen) atoms. The Morgan fingerprint density at radius 2 is 2.20 bits per heavy atom. The van der Waals surface area contributed by atoms with Crippen LogP contribution in [0.4, 0.5) is 10.3 Å². The number of aryl methyl sites for hydroxylation is 1. The molecule has 78 valence electrons. The summed E-state index contributed by atoms with van der Waals surface area (Å²) >= 11 is 0. The lowest BCUT2D eigenvalue weighted by Gasteiger charge is -2.26. The molecule has 1 aromatic heterocycles. The second-order valence-corrected chi connectivity index (χ2v) is 4.20. The third-order valence-corrected chi connectivity index (χ3v) is 3.20. The zero-order chi connectivity index (χ0) is 10.4. The van der Waals surface area contributed by atoms with Crippen LogP contribution in [0, 0.1) is 0 Å². The number of para-hydroxylation sites is 1. The number of aromatic nitrogens is 1. The van der Waals surface area contributed by atoms with Crippen molar-refractivity contribution in [3.63, 3.8) is 0 Å². The van der Waals surface area contributed by atoms with Crippen molar-refractivity contribution in [3.8, 4) is 0 Å². The summed E-state index contributed by atoms with van der Waals surface area (Å²) in [6.45, 7) is 1.91. The first-order valence-corrected chi connectivity index (χ1v) is 5.32. The molecular formula is C12H13FN2. The Kier molecular flexibility index (Phi) is 1.75. The molecule has 0 radical (unpaired) electrons. The lowest BCUT2D eigenvalue weighted by atomic mass is 10.0. The van der Waals surface area contributed by atoms with Gasteiger partial charge in [0.25, 0.3) is 0 Å². The van der Waals surface area contributed by atoms with E-state index >= 15 is 0 Å². The van der Waals surface area contributed by atoms with Crippen molar-refractivity contribution < 1.29 is 4.48 Å². The second-order valence-electron chi connectivity index (χ2n) is 4.20. The van der Waals surface area contributed by atoms with E-state index in [1.54, 1.807) is 0 Å². The lowest BCUT2D eigenvalue weighted by molar-refractivity contribution is 0.350. The fourth-order valence-electron chi connectivity index (χ4n) is 2.31. The predicted octanol–water partition coefficient (Wildman–Crippen LogP) is 3.19. The highest BCUT2D eigenvalue weighted by Crippen LogP contribution is 2.35. The van der Waals surface area contributed by atoms with E-state index in [1.807, 2.05) is 25.1 Å². The summed E-state index contributed by atoms with van der Waals surface area (Å²) in [6.07, 6.45) is 1.84. The largest absolute Gasteiger partial charge is 0.339 e. The fourth-order valence-corrected chi connectivity index (χ4v) is 2.31. The van der Waals surface area contributed by atoms with Gasteiger partial charge < -0.3 is 4.98 Å². The molecule has 1 aliphatic heterocycles. The van der Waals surface area contributed by atoms with E-state index in [0.29, 0.717) is 5.82 Å². The first-order valence-electron chi connectivity index (χ1n) is 5.32. The van der Waals surface area contributed by atoms with Crippen molar-refractivity contribution in [1.29, 1.82) is 0 Å². The number of hydrogen-bond acceptors (Lipinski definition) is 1. The Bertz CT molecular complexity index is 503. The van der Waals surface area contributed by atoms with Gasteiger partial charge in [0.2, 0.25) is 0 Å². The first kappa shape index (κ1) is 8.77. The summed E-state index contributed by atoms with van der Waals surface area (Å²) in [7, 11) is 0. The fraction of sp³-hybridized carbons (Fsp3) is 0.333. The van der Waals surface area contributed by atoms with Crippen molar-refractivity contribution in [2.45, 2.75) is 25.8 Å². The van der Waals surface area contributed by atoms with Crippen molar-refractivity contribution in [2.24, 2.45) is 0 Å². The maximum absolute atomic E-state index is 13.8. The van der Waals surface area contributed by atoms with Crippen LogP contribution in [0.15, 0.2) is 24.3 Å². The van der Waals surface area contributed by atoms with Gasteiger partial charge in [0, 0.05) is 16.5 Å². The number of nitrogens with zero attached hydrogens (tertiary/aromatic N) is 1. The molecule has 0 saturated carbocycles. The quantitative estimate of drug-likeness (QED) is 0.653. The van der Waals surface area contributed by atoms with Crippen molar-refractivity contribution in [2.75, 3.05) is 5.12 Å². The maximum Gasteiger partial charge on any atom is 0.140 e. The summed E-state index contributed by atoms with van der Waals surface area (Å²) in [5.74, 6) is 0.648. The van der Waals surface area contributed by atoms with Crippen LogP contribution in [0.3, 0.4) is 0 Å². The number of nitrogens with one attached hydrogen (secondary N) is 1. The van der Waals surface area contributed by atoms with Crippen LogP contribution in [0.2, 0.25) is 0 Å². The zero-order valence-corrected chi connectivity index (χ0v) is 8.63. The maximum atomic E-state index is 13.8. The molecule has 0 aliphatic carbocycles. The molecule has 0 bridgehead atoms. The predicted molar refractivity (Wildman–Crippen MR) is 59.7 cm³/mol. The normalized spacial score (nSPS) is 20.7. The number of aromatic amines is 1. The van der Waals surface area contributed by atoms with Gasteiger partial charge in [-0.1, -0.05) is 22.7 Å².